The topological polar surface area (TPSA) is 82.3 Å². The standard InChI is InChI=1S/C39H36N5.2C2H6/c1-3-28(32-24-34(43-26-32)10-7-9-27(2)41)17-21-38-37-20-16-30-23-29(31(25-40)14-18-33-11-8-22-42-33)15-19-36(30)39(37)44(38)35-12-5-4-6-13-35;2*1-2/h3-9,11-17,19-26,40-43H,10,18H2,1-2H3;2*1-2H3/q+1;;/b9-7-,21-17-,28-3+,31-14+,40-25?,41-27?;;. The van der Waals surface area contributed by atoms with Crippen molar-refractivity contribution in [3.63, 3.8) is 0 Å². The Morgan fingerprint density at radius 1 is 0.792 bits per heavy atom. The summed E-state index contributed by atoms with van der Waals surface area (Å²) in [5.74, 6) is 0. The average Bonchev–Trinajstić information content (AvgIpc) is 3.82. The van der Waals surface area contributed by atoms with E-state index >= 15 is 0 Å². The Balaban J connectivity index is 0.00000125. The fourth-order valence-corrected chi connectivity index (χ4v) is 5.73. The fraction of sp³-hybridized carbons (Fsp3) is 0.186. The Morgan fingerprint density at radius 3 is 2.27 bits per heavy atom. The molecule has 3 aromatic carbocycles. The van der Waals surface area contributed by atoms with Crippen LogP contribution < -0.4 is 15.2 Å². The van der Waals surface area contributed by atoms with Crippen LogP contribution in [0.3, 0.4) is 0 Å². The van der Waals surface area contributed by atoms with Gasteiger partial charge in [0.05, 0.1) is 5.39 Å². The summed E-state index contributed by atoms with van der Waals surface area (Å²) in [5, 5.41) is 20.4. The van der Waals surface area contributed by atoms with Crippen LogP contribution in [-0.4, -0.2) is 21.9 Å². The van der Waals surface area contributed by atoms with Crippen molar-refractivity contribution in [2.24, 2.45) is 0 Å². The molecule has 1 aliphatic rings. The molecule has 0 saturated heterocycles. The minimum absolute atomic E-state index is 0.555. The average molecular weight is 635 g/mol. The lowest BCUT2D eigenvalue weighted by molar-refractivity contribution is 0.932. The smallest absolute Gasteiger partial charge is 0.233 e. The van der Waals surface area contributed by atoms with Crippen LogP contribution in [-0.2, 0) is 12.8 Å². The van der Waals surface area contributed by atoms with Crippen molar-refractivity contribution >= 4 is 45.2 Å². The van der Waals surface area contributed by atoms with Gasteiger partial charge in [-0.3, -0.25) is 0 Å². The molecule has 0 amide bonds. The molecule has 0 unspecified atom stereocenters. The number of hydrogen-bond donors (Lipinski definition) is 4. The maximum Gasteiger partial charge on any atom is 0.233 e. The second-order valence-corrected chi connectivity index (χ2v) is 10.9. The highest BCUT2D eigenvalue weighted by Crippen LogP contribution is 2.24. The van der Waals surface area contributed by atoms with Crippen molar-refractivity contribution in [1.82, 2.24) is 14.5 Å². The van der Waals surface area contributed by atoms with Crippen LogP contribution in [0.25, 0.3) is 27.6 Å². The normalized spacial score (nSPS) is 12.7. The van der Waals surface area contributed by atoms with E-state index < -0.39 is 0 Å². The fourth-order valence-electron chi connectivity index (χ4n) is 5.73. The van der Waals surface area contributed by atoms with E-state index in [9.17, 15) is 0 Å². The van der Waals surface area contributed by atoms with Gasteiger partial charge in [0.25, 0.3) is 0 Å². The van der Waals surface area contributed by atoms with Gasteiger partial charge in [-0.15, -0.1) is 0 Å². The van der Waals surface area contributed by atoms with E-state index in [1.54, 1.807) is 6.92 Å². The lowest BCUT2D eigenvalue weighted by atomic mass is 9.97. The summed E-state index contributed by atoms with van der Waals surface area (Å²) in [6.45, 7) is 11.9. The minimum Gasteiger partial charge on any atom is -0.365 e. The first-order chi connectivity index (χ1) is 23.6. The predicted molar refractivity (Wildman–Crippen MR) is 208 cm³/mol. The number of fused-ring (bicyclic) bond motifs is 3. The summed E-state index contributed by atoms with van der Waals surface area (Å²) >= 11 is 0. The molecule has 0 bridgehead atoms. The van der Waals surface area contributed by atoms with Gasteiger partial charge in [-0.2, -0.15) is 4.58 Å². The molecule has 0 radical (unpaired) electrons. The van der Waals surface area contributed by atoms with Crippen LogP contribution in [0.15, 0.2) is 128 Å². The van der Waals surface area contributed by atoms with E-state index in [1.165, 1.54) is 22.2 Å². The Kier molecular flexibility index (Phi) is 12.8. The molecule has 0 fully saturated rings. The van der Waals surface area contributed by atoms with Crippen molar-refractivity contribution in [3.05, 3.63) is 161 Å². The molecule has 0 saturated carbocycles. The van der Waals surface area contributed by atoms with Crippen molar-refractivity contribution in [1.29, 1.82) is 10.8 Å². The van der Waals surface area contributed by atoms with Crippen LogP contribution in [0.4, 0.5) is 5.69 Å². The van der Waals surface area contributed by atoms with Crippen molar-refractivity contribution in [3.8, 4) is 0 Å². The van der Waals surface area contributed by atoms with Crippen LogP contribution in [0.1, 0.15) is 64.1 Å². The van der Waals surface area contributed by atoms with Crippen molar-refractivity contribution < 1.29 is 0 Å². The van der Waals surface area contributed by atoms with E-state index in [0.29, 0.717) is 5.71 Å². The third-order valence-electron chi connectivity index (χ3n) is 7.95. The maximum absolute atomic E-state index is 8.06. The van der Waals surface area contributed by atoms with Crippen molar-refractivity contribution in [2.75, 3.05) is 0 Å². The highest BCUT2D eigenvalue weighted by Gasteiger charge is 2.28. The molecule has 0 atom stereocenters. The van der Waals surface area contributed by atoms with Gasteiger partial charge in [0.2, 0.25) is 16.7 Å². The SMILES string of the molecule is C/C=C(\C=C/C1=c2ccc3cc(/C(C=N)=C/Cc4ccc[nH]4)ccc3c2=[N+]1c1ccccc1)c1c[nH]c(C/C=C\C(C)=N)c1.CC.CC. The van der Waals surface area contributed by atoms with E-state index in [-0.39, 0.29) is 0 Å². The Hall–Kier alpha value is -5.55. The van der Waals surface area contributed by atoms with Crippen LogP contribution >= 0.6 is 0 Å². The third-order valence-corrected chi connectivity index (χ3v) is 7.95. The highest BCUT2D eigenvalue weighted by molar-refractivity contribution is 6.09. The lowest BCUT2D eigenvalue weighted by Gasteiger charge is -2.13. The number of hydrogen-bond acceptors (Lipinski definition) is 2. The van der Waals surface area contributed by atoms with Crippen molar-refractivity contribution in [2.45, 2.75) is 54.4 Å². The van der Waals surface area contributed by atoms with Crippen LogP contribution in [0.2, 0.25) is 0 Å². The number of rotatable bonds is 11. The van der Waals surface area contributed by atoms with Crippen LogP contribution in [0.5, 0.6) is 0 Å². The first kappa shape index (κ1) is 35.3. The van der Waals surface area contributed by atoms with Gasteiger partial charge in [0.1, 0.15) is 5.22 Å². The zero-order valence-corrected chi connectivity index (χ0v) is 29.1. The molecular weight excluding hydrogens is 587 g/mol. The van der Waals surface area contributed by atoms with Gasteiger partial charge >= 0.3 is 0 Å². The second kappa shape index (κ2) is 17.4. The molecule has 5 aromatic rings. The minimum atomic E-state index is 0.555. The molecule has 3 heterocycles. The summed E-state index contributed by atoms with van der Waals surface area (Å²) in [6.07, 6.45) is 19.4. The Labute approximate surface area is 285 Å². The first-order valence-electron chi connectivity index (χ1n) is 16.9. The molecule has 1 aliphatic heterocycles. The maximum atomic E-state index is 8.06. The van der Waals surface area contributed by atoms with Crippen LogP contribution in [0, 0.1) is 10.8 Å². The van der Waals surface area contributed by atoms with E-state index in [1.807, 2.05) is 58.2 Å². The third kappa shape index (κ3) is 8.05. The summed E-state index contributed by atoms with van der Waals surface area (Å²) in [7, 11) is 0. The van der Waals surface area contributed by atoms with E-state index in [0.717, 1.165) is 63.3 Å². The molecule has 4 N–H and O–H groups in total. The predicted octanol–water partition coefficient (Wildman–Crippen LogP) is 9.57. The Morgan fingerprint density at radius 2 is 1.58 bits per heavy atom. The molecule has 5 heteroatoms. The first-order valence-corrected chi connectivity index (χ1v) is 16.9. The molecule has 0 aliphatic carbocycles. The number of H-pyrrole nitrogens is 2. The number of aromatic nitrogens is 2. The second-order valence-electron chi connectivity index (χ2n) is 10.9. The van der Waals surface area contributed by atoms with Gasteiger partial charge in [-0.1, -0.05) is 76.3 Å². The number of para-hydroxylation sites is 1. The zero-order chi connectivity index (χ0) is 34.5. The summed E-state index contributed by atoms with van der Waals surface area (Å²) in [5.41, 5.74) is 9.32. The quantitative estimate of drug-likeness (QED) is 0.0634. The number of nitrogens with zero attached hydrogens (tertiary/aromatic N) is 1. The monoisotopic (exact) mass is 634 g/mol. The largest absolute Gasteiger partial charge is 0.365 e. The van der Waals surface area contributed by atoms with Gasteiger partial charge in [0.15, 0.2) is 0 Å². The van der Waals surface area contributed by atoms with E-state index in [2.05, 4.69) is 119 Å². The summed E-state index contributed by atoms with van der Waals surface area (Å²) in [6, 6.07) is 27.7. The Bertz CT molecular complexity index is 2100. The van der Waals surface area contributed by atoms with E-state index in [4.69, 9.17) is 10.8 Å². The molecule has 2 aromatic heterocycles. The molecular formula is C43H48N5+. The zero-order valence-electron chi connectivity index (χ0n) is 29.1. The van der Waals surface area contributed by atoms with Gasteiger partial charge < -0.3 is 20.8 Å². The van der Waals surface area contributed by atoms with Gasteiger partial charge in [-0.25, -0.2) is 0 Å². The lowest BCUT2D eigenvalue weighted by Crippen LogP contribution is -2.49. The molecule has 5 nitrogen and oxygen atoms in total. The molecule has 0 spiro atoms. The molecule has 48 heavy (non-hydrogen) atoms. The highest BCUT2D eigenvalue weighted by atomic mass is 15.1. The summed E-state index contributed by atoms with van der Waals surface area (Å²) in [4.78, 5) is 6.62. The number of nitrogens with one attached hydrogen (secondary N) is 4. The molecule has 6 rings (SSSR count). The number of aromatic amines is 2. The van der Waals surface area contributed by atoms with Gasteiger partial charge in [0, 0.05) is 66.8 Å². The number of allylic oxidation sites excluding steroid dienone is 7. The molecule has 244 valence electrons. The summed E-state index contributed by atoms with van der Waals surface area (Å²) < 4.78 is 2.34. The van der Waals surface area contributed by atoms with Gasteiger partial charge in [-0.05, 0) is 90.1 Å². The number of benzene rings is 3.